The summed E-state index contributed by atoms with van der Waals surface area (Å²) < 4.78 is 10.0. The molecule has 4 heteroatoms. The van der Waals surface area contributed by atoms with Crippen LogP contribution >= 0.6 is 0 Å². The van der Waals surface area contributed by atoms with Gasteiger partial charge >= 0.3 is 11.9 Å². The Labute approximate surface area is 110 Å². The molecular weight excluding hydrogens is 232 g/mol. The highest BCUT2D eigenvalue weighted by atomic mass is 16.5. The van der Waals surface area contributed by atoms with E-state index in [1.807, 2.05) is 13.8 Å². The van der Waals surface area contributed by atoms with Gasteiger partial charge in [-0.15, -0.1) is 0 Å². The van der Waals surface area contributed by atoms with Crippen LogP contribution in [0.5, 0.6) is 0 Å². The van der Waals surface area contributed by atoms with Crippen molar-refractivity contribution in [2.75, 3.05) is 13.2 Å². The first-order chi connectivity index (χ1) is 8.60. The van der Waals surface area contributed by atoms with Crippen molar-refractivity contribution in [1.82, 2.24) is 0 Å². The van der Waals surface area contributed by atoms with Crippen molar-refractivity contribution in [3.63, 3.8) is 0 Å². The second-order valence-corrected chi connectivity index (χ2v) is 4.29. The van der Waals surface area contributed by atoms with Gasteiger partial charge in [-0.25, -0.2) is 0 Å². The first-order valence-electron chi connectivity index (χ1n) is 6.93. The van der Waals surface area contributed by atoms with E-state index in [0.717, 1.165) is 12.8 Å². The van der Waals surface area contributed by atoms with Gasteiger partial charge in [-0.2, -0.15) is 0 Å². The Morgan fingerprint density at radius 3 is 1.33 bits per heavy atom. The molecule has 0 saturated heterocycles. The van der Waals surface area contributed by atoms with Gasteiger partial charge in [-0.3, -0.25) is 9.59 Å². The molecule has 0 aromatic carbocycles. The van der Waals surface area contributed by atoms with Crippen LogP contribution in [0.15, 0.2) is 0 Å². The number of ether oxygens (including phenoxy) is 2. The van der Waals surface area contributed by atoms with Crippen LogP contribution < -0.4 is 0 Å². The summed E-state index contributed by atoms with van der Waals surface area (Å²) >= 11 is 0. The number of rotatable bonds is 9. The summed E-state index contributed by atoms with van der Waals surface area (Å²) in [7, 11) is 0. The SMILES string of the molecule is CCOC(=O)C(CC)CCC(CC)C(=O)OCC. The van der Waals surface area contributed by atoms with Gasteiger partial charge in [0.2, 0.25) is 0 Å². The van der Waals surface area contributed by atoms with Gasteiger partial charge in [-0.1, -0.05) is 13.8 Å². The Morgan fingerprint density at radius 1 is 0.778 bits per heavy atom. The molecule has 4 nitrogen and oxygen atoms in total. The van der Waals surface area contributed by atoms with Crippen molar-refractivity contribution in [3.8, 4) is 0 Å². The monoisotopic (exact) mass is 258 g/mol. The van der Waals surface area contributed by atoms with Crippen LogP contribution in [-0.2, 0) is 19.1 Å². The predicted octanol–water partition coefficient (Wildman–Crippen LogP) is 2.95. The molecule has 0 amide bonds. The van der Waals surface area contributed by atoms with Crippen LogP contribution in [0.1, 0.15) is 53.4 Å². The lowest BCUT2D eigenvalue weighted by atomic mass is 9.92. The third-order valence-corrected chi connectivity index (χ3v) is 3.09. The molecule has 0 heterocycles. The number of hydrogen-bond acceptors (Lipinski definition) is 4. The Morgan fingerprint density at radius 2 is 1.11 bits per heavy atom. The molecule has 0 spiro atoms. The third-order valence-electron chi connectivity index (χ3n) is 3.09. The topological polar surface area (TPSA) is 52.6 Å². The van der Waals surface area contributed by atoms with Gasteiger partial charge in [0.25, 0.3) is 0 Å². The molecule has 0 radical (unpaired) electrons. The largest absolute Gasteiger partial charge is 0.466 e. The minimum absolute atomic E-state index is 0.103. The standard InChI is InChI=1S/C14H26O4/c1-5-11(13(15)17-7-3)9-10-12(6-2)14(16)18-8-4/h11-12H,5-10H2,1-4H3. The molecule has 2 unspecified atom stereocenters. The smallest absolute Gasteiger partial charge is 0.308 e. The molecular formula is C14H26O4. The molecule has 0 saturated carbocycles. The maximum absolute atomic E-state index is 11.6. The van der Waals surface area contributed by atoms with Crippen LogP contribution in [0.3, 0.4) is 0 Å². The number of carbonyl (C=O) groups is 2. The fourth-order valence-electron chi connectivity index (χ4n) is 1.90. The Bertz CT molecular complexity index is 224. The van der Waals surface area contributed by atoms with Crippen molar-refractivity contribution >= 4 is 11.9 Å². The number of hydrogen-bond donors (Lipinski definition) is 0. The summed E-state index contributed by atoms with van der Waals surface area (Å²) in [5.41, 5.74) is 0. The molecule has 18 heavy (non-hydrogen) atoms. The van der Waals surface area contributed by atoms with Gasteiger partial charge in [0.15, 0.2) is 0 Å². The average Bonchev–Trinajstić information content (AvgIpc) is 2.35. The quantitative estimate of drug-likeness (QED) is 0.597. The first kappa shape index (κ1) is 16.9. The highest BCUT2D eigenvalue weighted by Gasteiger charge is 2.23. The van der Waals surface area contributed by atoms with Crippen LogP contribution in [-0.4, -0.2) is 25.2 Å². The van der Waals surface area contributed by atoms with E-state index < -0.39 is 0 Å². The second-order valence-electron chi connectivity index (χ2n) is 4.29. The zero-order valence-corrected chi connectivity index (χ0v) is 12.0. The highest BCUT2D eigenvalue weighted by molar-refractivity contribution is 5.73. The first-order valence-corrected chi connectivity index (χ1v) is 6.93. The van der Waals surface area contributed by atoms with E-state index in [1.165, 1.54) is 0 Å². The maximum Gasteiger partial charge on any atom is 0.308 e. The van der Waals surface area contributed by atoms with E-state index in [1.54, 1.807) is 13.8 Å². The molecule has 0 fully saturated rings. The van der Waals surface area contributed by atoms with Gasteiger partial charge in [0.05, 0.1) is 25.0 Å². The predicted molar refractivity (Wildman–Crippen MR) is 70.1 cm³/mol. The van der Waals surface area contributed by atoms with Crippen molar-refractivity contribution in [2.45, 2.75) is 53.4 Å². The molecule has 0 N–H and O–H groups in total. The summed E-state index contributed by atoms with van der Waals surface area (Å²) in [4.78, 5) is 23.3. The van der Waals surface area contributed by atoms with Crippen molar-refractivity contribution < 1.29 is 19.1 Å². The lowest BCUT2D eigenvalue weighted by molar-refractivity contribution is -0.151. The van der Waals surface area contributed by atoms with E-state index in [-0.39, 0.29) is 23.8 Å². The summed E-state index contributed by atoms with van der Waals surface area (Å²) in [5, 5.41) is 0. The molecule has 2 atom stereocenters. The lowest BCUT2D eigenvalue weighted by Gasteiger charge is -2.17. The summed E-state index contributed by atoms with van der Waals surface area (Å²) in [6.07, 6.45) is 2.87. The van der Waals surface area contributed by atoms with Crippen molar-refractivity contribution in [1.29, 1.82) is 0 Å². The minimum Gasteiger partial charge on any atom is -0.466 e. The maximum atomic E-state index is 11.6. The molecule has 0 bridgehead atoms. The highest BCUT2D eigenvalue weighted by Crippen LogP contribution is 2.20. The van der Waals surface area contributed by atoms with Gasteiger partial charge in [0, 0.05) is 0 Å². The Hall–Kier alpha value is -1.06. The second kappa shape index (κ2) is 9.92. The summed E-state index contributed by atoms with van der Waals surface area (Å²) in [6, 6.07) is 0. The van der Waals surface area contributed by atoms with Gasteiger partial charge < -0.3 is 9.47 Å². The normalized spacial score (nSPS) is 13.8. The van der Waals surface area contributed by atoms with Crippen LogP contribution in [0.2, 0.25) is 0 Å². The minimum atomic E-state index is -0.154. The van der Waals surface area contributed by atoms with Crippen LogP contribution in [0.25, 0.3) is 0 Å². The van der Waals surface area contributed by atoms with Gasteiger partial charge in [-0.05, 0) is 39.5 Å². The molecule has 106 valence electrons. The van der Waals surface area contributed by atoms with E-state index in [4.69, 9.17) is 9.47 Å². The Balaban J connectivity index is 4.23. The summed E-state index contributed by atoms with van der Waals surface area (Å²) in [6.45, 7) is 8.35. The van der Waals surface area contributed by atoms with E-state index in [2.05, 4.69) is 0 Å². The molecule has 0 aliphatic carbocycles. The molecule has 0 aliphatic heterocycles. The molecule has 0 aromatic rings. The van der Waals surface area contributed by atoms with E-state index in [0.29, 0.717) is 26.1 Å². The molecule has 0 aromatic heterocycles. The number of esters is 2. The van der Waals surface area contributed by atoms with Crippen molar-refractivity contribution in [2.24, 2.45) is 11.8 Å². The molecule has 0 rings (SSSR count). The number of carbonyl (C=O) groups excluding carboxylic acids is 2. The van der Waals surface area contributed by atoms with Crippen LogP contribution in [0, 0.1) is 11.8 Å². The van der Waals surface area contributed by atoms with E-state index in [9.17, 15) is 9.59 Å². The van der Waals surface area contributed by atoms with Crippen molar-refractivity contribution in [3.05, 3.63) is 0 Å². The van der Waals surface area contributed by atoms with Gasteiger partial charge in [0.1, 0.15) is 0 Å². The van der Waals surface area contributed by atoms with Crippen LogP contribution in [0.4, 0.5) is 0 Å². The third kappa shape index (κ3) is 6.03. The average molecular weight is 258 g/mol. The fourth-order valence-corrected chi connectivity index (χ4v) is 1.90. The lowest BCUT2D eigenvalue weighted by Crippen LogP contribution is -2.21. The zero-order chi connectivity index (χ0) is 14.0. The molecule has 0 aliphatic rings. The van der Waals surface area contributed by atoms with E-state index >= 15 is 0 Å². The fraction of sp³-hybridized carbons (Fsp3) is 0.857. The summed E-state index contributed by atoms with van der Waals surface area (Å²) in [5.74, 6) is -0.515. The Kier molecular flexibility index (Phi) is 9.33. The zero-order valence-electron chi connectivity index (χ0n) is 12.0.